The molecule has 2 aromatic carbocycles. The largest absolute Gasteiger partial charge is 0.506 e. The van der Waals surface area contributed by atoms with Crippen molar-refractivity contribution in [1.29, 1.82) is 0 Å². The van der Waals surface area contributed by atoms with E-state index in [1.807, 2.05) is 19.1 Å². The number of nitrogens with zero attached hydrogens (tertiary/aromatic N) is 4. The van der Waals surface area contributed by atoms with E-state index in [1.165, 1.54) is 25.7 Å². The van der Waals surface area contributed by atoms with Gasteiger partial charge in [0.25, 0.3) is 5.91 Å². The van der Waals surface area contributed by atoms with E-state index in [4.69, 9.17) is 15.0 Å². The molecular formula is C28H53ClN8O4. The summed E-state index contributed by atoms with van der Waals surface area (Å²) in [5.74, 6) is 2.14. The lowest BCUT2D eigenvalue weighted by atomic mass is 9.89. The summed E-state index contributed by atoms with van der Waals surface area (Å²) in [6.45, 7) is 3.90. The number of aryl methyl sites for hydroxylation is 1. The molecule has 2 fully saturated rings. The average Bonchev–Trinajstić information content (AvgIpc) is 2.91. The van der Waals surface area contributed by atoms with E-state index in [2.05, 4.69) is 15.5 Å². The molecule has 13 heteroatoms. The number of aromatic nitrogens is 3. The van der Waals surface area contributed by atoms with Crippen molar-refractivity contribution in [1.82, 2.24) is 27.3 Å². The third-order valence-corrected chi connectivity index (χ3v) is 7.07. The van der Waals surface area contributed by atoms with Gasteiger partial charge in [-0.25, -0.2) is 0 Å². The predicted molar refractivity (Wildman–Crippen MR) is 175 cm³/mol. The molecule has 1 saturated heterocycles. The number of aromatic hydroxyl groups is 1. The Morgan fingerprint density at radius 3 is 2.17 bits per heavy atom. The van der Waals surface area contributed by atoms with Crippen LogP contribution in [-0.2, 0) is 0 Å². The first-order valence-electron chi connectivity index (χ1n) is 13.0. The Labute approximate surface area is 253 Å². The molecule has 3 aromatic rings. The maximum Gasteiger partial charge on any atom is 0.255 e. The van der Waals surface area contributed by atoms with Gasteiger partial charge in [-0.1, -0.05) is 37.0 Å². The topological polar surface area (TPSA) is 236 Å². The van der Waals surface area contributed by atoms with Crippen LogP contribution in [-0.4, -0.2) is 50.0 Å². The Kier molecular flexibility index (Phi) is 15.8. The van der Waals surface area contributed by atoms with Crippen LogP contribution in [0, 0.1) is 6.92 Å². The van der Waals surface area contributed by atoms with Crippen LogP contribution in [0.4, 0.5) is 23.3 Å². The van der Waals surface area contributed by atoms with Crippen LogP contribution in [0.5, 0.6) is 5.75 Å². The second-order valence-corrected chi connectivity index (χ2v) is 9.88. The van der Waals surface area contributed by atoms with E-state index < -0.39 is 0 Å². The summed E-state index contributed by atoms with van der Waals surface area (Å²) < 4.78 is 0. The summed E-state index contributed by atoms with van der Waals surface area (Å²) in [6.07, 6.45) is 9.46. The molecule has 13 N–H and O–H groups in total. The van der Waals surface area contributed by atoms with E-state index in [0.717, 1.165) is 56.1 Å². The van der Waals surface area contributed by atoms with Gasteiger partial charge < -0.3 is 43.9 Å². The van der Waals surface area contributed by atoms with Crippen molar-refractivity contribution < 1.29 is 26.6 Å². The Morgan fingerprint density at radius 1 is 0.902 bits per heavy atom. The van der Waals surface area contributed by atoms with Gasteiger partial charge in [0.2, 0.25) is 11.9 Å². The zero-order valence-corrected chi connectivity index (χ0v) is 24.5. The van der Waals surface area contributed by atoms with Crippen molar-refractivity contribution in [3.05, 3.63) is 59.4 Å². The lowest BCUT2D eigenvalue weighted by molar-refractivity contribution is 0.102. The van der Waals surface area contributed by atoms with Gasteiger partial charge in [-0.05, 0) is 63.3 Å². The first-order chi connectivity index (χ1) is 17.5. The zero-order valence-electron chi connectivity index (χ0n) is 23.7. The molecule has 1 amide bonds. The smallest absolute Gasteiger partial charge is 0.255 e. The fraction of sp³-hybridized carbons (Fsp3) is 0.429. The molecule has 2 heterocycles. The van der Waals surface area contributed by atoms with Gasteiger partial charge in [0, 0.05) is 42.0 Å². The number of carbonyl (C=O) groups is 1. The quantitative estimate of drug-likeness (QED) is 0.208. The fourth-order valence-corrected chi connectivity index (χ4v) is 4.96. The number of phenolic OH excluding ortho intramolecular Hbond substituents is 1. The number of amides is 1. The Morgan fingerprint density at radius 2 is 1.54 bits per heavy atom. The molecule has 1 saturated carbocycles. The molecule has 1 aliphatic carbocycles. The van der Waals surface area contributed by atoms with Crippen molar-refractivity contribution in [2.45, 2.75) is 64.2 Å². The summed E-state index contributed by atoms with van der Waals surface area (Å²) in [5.41, 5.74) is 2.61. The van der Waals surface area contributed by atoms with Crippen molar-refractivity contribution in [3.8, 4) is 5.75 Å². The van der Waals surface area contributed by atoms with Crippen molar-refractivity contribution in [2.24, 2.45) is 0 Å². The maximum atomic E-state index is 12.6. The first kappa shape index (κ1) is 37.5. The fourth-order valence-electron chi connectivity index (χ4n) is 4.96. The first-order valence-corrected chi connectivity index (χ1v) is 13.0. The van der Waals surface area contributed by atoms with Crippen LogP contribution in [0.3, 0.4) is 0 Å². The van der Waals surface area contributed by atoms with Crippen LogP contribution in [0.15, 0.2) is 42.5 Å². The van der Waals surface area contributed by atoms with Gasteiger partial charge in [0.15, 0.2) is 0 Å². The summed E-state index contributed by atoms with van der Waals surface area (Å²) >= 11 is 0. The van der Waals surface area contributed by atoms with Gasteiger partial charge in [0.05, 0.1) is 5.69 Å². The molecule has 1 aromatic heterocycles. The van der Waals surface area contributed by atoms with Crippen molar-refractivity contribution >= 4 is 41.6 Å². The average molecular weight is 601 g/mol. The lowest BCUT2D eigenvalue weighted by Crippen LogP contribution is -2.31. The summed E-state index contributed by atoms with van der Waals surface area (Å²) in [7, 11) is 0. The third kappa shape index (κ3) is 9.51. The minimum Gasteiger partial charge on any atom is -0.506 e. The van der Waals surface area contributed by atoms with Crippen LogP contribution >= 0.6 is 12.4 Å². The van der Waals surface area contributed by atoms with Gasteiger partial charge in [-0.15, -0.1) is 12.4 Å². The summed E-state index contributed by atoms with van der Waals surface area (Å²) in [6, 6.07) is 12.4. The van der Waals surface area contributed by atoms with Crippen LogP contribution in [0.1, 0.15) is 84.7 Å². The Balaban J connectivity index is -0.000000593. The standard InChI is InChI=1S/C28H34N6O2.ClH.2H3N.2H2O.4H2/c1-19-10-12-21(13-11-19)26(36)30-23-15-14-22(18-24(23)35)29-27-31-25(20-8-4-2-5-9-20)32-28(33-27)34-16-6-3-7-17-34;;;;;;;;;/h10-15,18,20,35H,2-9,16-17H2,1H3,(H,30,36)(H,29,31,32,33);1H;2*1H3;2*1H2;4*1H. The number of piperidine rings is 1. The highest BCUT2D eigenvalue weighted by atomic mass is 35.5. The summed E-state index contributed by atoms with van der Waals surface area (Å²) in [5, 5.41) is 16.6. The molecule has 12 nitrogen and oxygen atoms in total. The van der Waals surface area contributed by atoms with E-state index in [9.17, 15) is 9.90 Å². The predicted octanol–water partition coefficient (Wildman–Crippen LogP) is 6.00. The molecule has 0 radical (unpaired) electrons. The van der Waals surface area contributed by atoms with Gasteiger partial charge >= 0.3 is 0 Å². The number of benzene rings is 2. The van der Waals surface area contributed by atoms with E-state index >= 15 is 0 Å². The summed E-state index contributed by atoms with van der Waals surface area (Å²) in [4.78, 5) is 29.2. The number of hydrogen-bond acceptors (Lipinski definition) is 9. The Bertz CT molecular complexity index is 1200. The SMILES string of the molecule is Cc1ccc(C(=O)Nc2ccc(Nc3nc(C4CCCCC4)nc(N4CCCCC4)n3)cc2O)cc1.Cl.N.N.O.O.[HH].[HH].[HH].[HH]. The number of anilines is 4. The molecule has 0 unspecified atom stereocenters. The Hall–Kier alpha value is -3.55. The monoisotopic (exact) mass is 600 g/mol. The number of halogens is 1. The maximum absolute atomic E-state index is 12.6. The van der Waals surface area contributed by atoms with Crippen LogP contribution in [0.2, 0.25) is 0 Å². The number of phenols is 1. The highest BCUT2D eigenvalue weighted by molar-refractivity contribution is 6.05. The van der Waals surface area contributed by atoms with E-state index in [-0.39, 0.29) is 53.0 Å². The lowest BCUT2D eigenvalue weighted by Gasteiger charge is -2.28. The minimum absolute atomic E-state index is 0. The molecule has 5 rings (SSSR count). The molecule has 1 aliphatic heterocycles. The molecule has 2 aliphatic rings. The number of rotatable bonds is 6. The molecular weight excluding hydrogens is 548 g/mol. The normalized spacial score (nSPS) is 14.5. The van der Waals surface area contributed by atoms with Crippen LogP contribution in [0.25, 0.3) is 0 Å². The zero-order chi connectivity index (χ0) is 24.9. The third-order valence-electron chi connectivity index (χ3n) is 7.07. The van der Waals surface area contributed by atoms with Gasteiger partial charge in [-0.3, -0.25) is 4.79 Å². The number of nitrogens with one attached hydrogen (secondary N) is 2. The van der Waals surface area contributed by atoms with Crippen LogP contribution < -0.4 is 27.8 Å². The van der Waals surface area contributed by atoms with Gasteiger partial charge in [0.1, 0.15) is 11.6 Å². The molecule has 41 heavy (non-hydrogen) atoms. The van der Waals surface area contributed by atoms with Crippen molar-refractivity contribution in [2.75, 3.05) is 28.6 Å². The molecule has 236 valence electrons. The highest BCUT2D eigenvalue weighted by Crippen LogP contribution is 2.33. The number of carbonyl (C=O) groups excluding carboxylic acids is 1. The van der Waals surface area contributed by atoms with E-state index in [1.54, 1.807) is 30.3 Å². The minimum atomic E-state index is -0.272. The molecule has 0 bridgehead atoms. The highest BCUT2D eigenvalue weighted by Gasteiger charge is 2.23. The number of hydrogen-bond donors (Lipinski definition) is 5. The second-order valence-electron chi connectivity index (χ2n) is 9.88. The molecule has 0 spiro atoms. The second kappa shape index (κ2) is 17.3. The molecule has 0 atom stereocenters. The van der Waals surface area contributed by atoms with Crippen molar-refractivity contribution in [3.63, 3.8) is 0 Å². The van der Waals surface area contributed by atoms with Gasteiger partial charge in [-0.2, -0.15) is 15.0 Å². The van der Waals surface area contributed by atoms with E-state index in [0.29, 0.717) is 28.8 Å².